The van der Waals surface area contributed by atoms with Crippen molar-refractivity contribution in [2.75, 3.05) is 13.2 Å². The first-order chi connectivity index (χ1) is 19.5. The molecule has 0 spiro atoms. The smallest absolute Gasteiger partial charge is 0.459 e. The summed E-state index contributed by atoms with van der Waals surface area (Å²) < 4.78 is 31.5. The maximum absolute atomic E-state index is 12.6. The van der Waals surface area contributed by atoms with Crippen LogP contribution in [0.5, 0.6) is 11.5 Å². The zero-order valence-electron chi connectivity index (χ0n) is 25.3. The molecule has 1 unspecified atom stereocenters. The van der Waals surface area contributed by atoms with Crippen LogP contribution in [0.1, 0.15) is 92.1 Å². The molecule has 0 amide bonds. The van der Waals surface area contributed by atoms with Gasteiger partial charge < -0.3 is 34.2 Å². The van der Waals surface area contributed by atoms with E-state index < -0.39 is 36.5 Å². The second-order valence-electron chi connectivity index (χ2n) is 10.3. The van der Waals surface area contributed by atoms with E-state index >= 15 is 0 Å². The minimum atomic E-state index is -1.07. The summed E-state index contributed by atoms with van der Waals surface area (Å²) >= 11 is 0. The van der Waals surface area contributed by atoms with E-state index in [1.807, 2.05) is 27.7 Å². The molecule has 0 radical (unpaired) electrons. The Bertz CT molecular complexity index is 965. The monoisotopic (exact) mass is 581 g/mol. The van der Waals surface area contributed by atoms with Crippen LogP contribution in [0.15, 0.2) is 18.2 Å². The van der Waals surface area contributed by atoms with Gasteiger partial charge in [-0.1, -0.05) is 59.4 Å². The maximum Gasteiger partial charge on any atom is 0.513 e. The van der Waals surface area contributed by atoms with Gasteiger partial charge in [0.15, 0.2) is 11.5 Å². The zero-order valence-corrected chi connectivity index (χ0v) is 25.3. The van der Waals surface area contributed by atoms with Crippen molar-refractivity contribution in [3.8, 4) is 11.5 Å². The van der Waals surface area contributed by atoms with Crippen LogP contribution in [-0.2, 0) is 35.0 Å². The number of nitrogens with two attached hydrogens (primary N) is 1. The molecule has 0 saturated carbocycles. The molecule has 0 heterocycles. The summed E-state index contributed by atoms with van der Waals surface area (Å²) in [4.78, 5) is 49.0. The average molecular weight is 582 g/mol. The minimum Gasteiger partial charge on any atom is -0.459 e. The minimum absolute atomic E-state index is 0.0245. The van der Waals surface area contributed by atoms with Crippen molar-refractivity contribution in [2.45, 2.75) is 111 Å². The van der Waals surface area contributed by atoms with E-state index in [-0.39, 0.29) is 49.4 Å². The number of hydrogen-bond donors (Lipinski definition) is 1. The predicted octanol–water partition coefficient (Wildman–Crippen LogP) is 5.88. The average Bonchev–Trinajstić information content (AvgIpc) is 2.90. The number of benzene rings is 1. The number of esters is 2. The lowest BCUT2D eigenvalue weighted by Crippen LogP contribution is -2.39. The van der Waals surface area contributed by atoms with Crippen molar-refractivity contribution < 1.29 is 47.6 Å². The van der Waals surface area contributed by atoms with E-state index in [2.05, 4.69) is 0 Å². The predicted molar refractivity (Wildman–Crippen MR) is 152 cm³/mol. The maximum atomic E-state index is 12.6. The zero-order chi connectivity index (χ0) is 30.8. The van der Waals surface area contributed by atoms with Gasteiger partial charge in [-0.15, -0.1) is 0 Å². The fourth-order valence-electron chi connectivity index (χ4n) is 3.49. The molecule has 0 aliphatic heterocycles. The Hall–Kier alpha value is -3.34. The van der Waals surface area contributed by atoms with Crippen LogP contribution in [0, 0.1) is 5.92 Å². The molecule has 1 aromatic carbocycles. The van der Waals surface area contributed by atoms with Gasteiger partial charge in [-0.3, -0.25) is 9.59 Å². The highest BCUT2D eigenvalue weighted by atomic mass is 16.7. The molecular formula is C30H47NO10. The van der Waals surface area contributed by atoms with Crippen LogP contribution in [0.25, 0.3) is 0 Å². The molecule has 11 nitrogen and oxygen atoms in total. The molecule has 3 atom stereocenters. The molecule has 232 valence electrons. The Morgan fingerprint density at radius 3 is 1.83 bits per heavy atom. The summed E-state index contributed by atoms with van der Waals surface area (Å²) in [6.07, 6.45) is 2.13. The van der Waals surface area contributed by atoms with E-state index in [4.69, 9.17) is 34.2 Å². The highest BCUT2D eigenvalue weighted by Crippen LogP contribution is 2.30. The number of rotatable bonds is 18. The second kappa shape index (κ2) is 19.7. The quantitative estimate of drug-likeness (QED) is 0.0958. The highest BCUT2D eigenvalue weighted by molar-refractivity contribution is 5.76. The van der Waals surface area contributed by atoms with Crippen molar-refractivity contribution in [1.82, 2.24) is 0 Å². The van der Waals surface area contributed by atoms with E-state index in [0.29, 0.717) is 18.4 Å². The molecule has 41 heavy (non-hydrogen) atoms. The second-order valence-corrected chi connectivity index (χ2v) is 10.3. The molecule has 0 bridgehead atoms. The first kappa shape index (κ1) is 35.7. The molecular weight excluding hydrogens is 534 g/mol. The summed E-state index contributed by atoms with van der Waals surface area (Å²) in [5.41, 5.74) is 6.60. The van der Waals surface area contributed by atoms with Crippen molar-refractivity contribution in [3.05, 3.63) is 23.8 Å². The number of carbonyl (C=O) groups is 4. The third-order valence-corrected chi connectivity index (χ3v) is 5.94. The first-order valence-corrected chi connectivity index (χ1v) is 14.4. The van der Waals surface area contributed by atoms with Crippen LogP contribution >= 0.6 is 0 Å². The van der Waals surface area contributed by atoms with Gasteiger partial charge >= 0.3 is 24.2 Å². The molecule has 0 aromatic heterocycles. The lowest BCUT2D eigenvalue weighted by Gasteiger charge is -2.23. The Labute approximate surface area is 243 Å². The molecule has 2 N–H and O–H groups in total. The van der Waals surface area contributed by atoms with Crippen molar-refractivity contribution >= 4 is 24.2 Å². The van der Waals surface area contributed by atoms with Crippen molar-refractivity contribution in [2.24, 2.45) is 11.7 Å². The lowest BCUT2D eigenvalue weighted by molar-refractivity contribution is -0.166. The largest absolute Gasteiger partial charge is 0.513 e. The van der Waals surface area contributed by atoms with Crippen LogP contribution in [-0.4, -0.2) is 55.7 Å². The van der Waals surface area contributed by atoms with Crippen molar-refractivity contribution in [1.29, 1.82) is 0 Å². The van der Waals surface area contributed by atoms with Crippen molar-refractivity contribution in [3.63, 3.8) is 0 Å². The first-order valence-electron chi connectivity index (χ1n) is 14.4. The third kappa shape index (κ3) is 15.3. The third-order valence-electron chi connectivity index (χ3n) is 5.94. The Balaban J connectivity index is 2.88. The summed E-state index contributed by atoms with van der Waals surface area (Å²) in [5.74, 6) is -1.07. The summed E-state index contributed by atoms with van der Waals surface area (Å²) in [6, 6.07) is 3.35. The van der Waals surface area contributed by atoms with Gasteiger partial charge in [-0.25, -0.2) is 9.59 Å². The van der Waals surface area contributed by atoms with Gasteiger partial charge in [0.1, 0.15) is 18.2 Å². The topological polar surface area (TPSA) is 150 Å². The van der Waals surface area contributed by atoms with Gasteiger partial charge in [0.2, 0.25) is 0 Å². The highest BCUT2D eigenvalue weighted by Gasteiger charge is 2.25. The van der Waals surface area contributed by atoms with E-state index in [9.17, 15) is 19.2 Å². The van der Waals surface area contributed by atoms with E-state index in [0.717, 1.165) is 25.7 Å². The molecule has 1 rings (SSSR count). The van der Waals surface area contributed by atoms with Gasteiger partial charge in [0, 0.05) is 6.42 Å². The Morgan fingerprint density at radius 1 is 0.756 bits per heavy atom. The molecule has 0 aliphatic carbocycles. The van der Waals surface area contributed by atoms with E-state index in [1.165, 1.54) is 12.1 Å². The van der Waals surface area contributed by atoms with Gasteiger partial charge in [0.05, 0.1) is 13.2 Å². The lowest BCUT2D eigenvalue weighted by atomic mass is 10.1. The Kier molecular flexibility index (Phi) is 17.1. The van der Waals surface area contributed by atoms with Crippen LogP contribution in [0.4, 0.5) is 9.59 Å². The standard InChI is InChI=1S/C30H47NO10/c1-7-9-11-15-36-29(34)40-25-14-13-23(19-26(25)41-30(35)37-16-12-10-8-2)18-24(31)28(33)39-22(6)21(5)38-27(32)17-20(3)4/h13-14,19-22,24H,7-12,15-18,31H2,1-6H3/t21?,22-,24-/m0/s1. The SMILES string of the molecule is CCCCCOC(=O)Oc1ccc(C[C@H](N)C(=O)O[C@@H](C)C(C)OC(=O)CC(C)C)cc1OC(=O)OCCCCC. The molecule has 0 fully saturated rings. The van der Waals surface area contributed by atoms with Gasteiger partial charge in [0.25, 0.3) is 0 Å². The Morgan fingerprint density at radius 2 is 1.29 bits per heavy atom. The number of ether oxygens (including phenoxy) is 6. The number of carbonyl (C=O) groups excluding carboxylic acids is 4. The fourth-order valence-corrected chi connectivity index (χ4v) is 3.49. The molecule has 1 aromatic rings. The number of hydrogen-bond acceptors (Lipinski definition) is 11. The molecule has 0 saturated heterocycles. The molecule has 0 aliphatic rings. The van der Waals surface area contributed by atoms with Gasteiger partial charge in [-0.2, -0.15) is 0 Å². The van der Waals surface area contributed by atoms with Crippen LogP contribution in [0.3, 0.4) is 0 Å². The summed E-state index contributed by atoms with van der Waals surface area (Å²) in [5, 5.41) is 0. The fraction of sp³-hybridized carbons (Fsp3) is 0.667. The normalized spacial score (nSPS) is 13.1. The van der Waals surface area contributed by atoms with E-state index in [1.54, 1.807) is 19.9 Å². The number of unbranched alkanes of at least 4 members (excludes halogenated alkanes) is 4. The summed E-state index contributed by atoms with van der Waals surface area (Å²) in [7, 11) is 0. The van der Waals surface area contributed by atoms with Crippen LogP contribution in [0.2, 0.25) is 0 Å². The molecule has 11 heteroatoms. The summed E-state index contributed by atoms with van der Waals surface area (Å²) in [6.45, 7) is 11.5. The van der Waals surface area contributed by atoms with Crippen LogP contribution < -0.4 is 15.2 Å². The van der Waals surface area contributed by atoms with Gasteiger partial charge in [-0.05, 0) is 56.7 Å².